The van der Waals surface area contributed by atoms with Crippen molar-refractivity contribution >= 4 is 11.7 Å². The lowest BCUT2D eigenvalue weighted by Gasteiger charge is -2.41. The zero-order valence-corrected chi connectivity index (χ0v) is 11.0. The van der Waals surface area contributed by atoms with Crippen molar-refractivity contribution in [3.05, 3.63) is 23.6 Å². The third-order valence-electron chi connectivity index (χ3n) is 4.06. The molecule has 1 aromatic heterocycles. The molecular weight excluding hydrogens is 247 g/mol. The summed E-state index contributed by atoms with van der Waals surface area (Å²) in [6, 6.07) is 1.35. The first-order valence-corrected chi connectivity index (χ1v) is 6.51. The molecule has 0 radical (unpaired) electrons. The van der Waals surface area contributed by atoms with Crippen LogP contribution in [0.2, 0.25) is 0 Å². The number of carbonyl (C=O) groups is 1. The third kappa shape index (κ3) is 2.68. The number of nitrogens with one attached hydrogen (secondary N) is 2. The molecule has 2 rings (SSSR count). The van der Waals surface area contributed by atoms with E-state index in [0.717, 1.165) is 19.3 Å². The lowest BCUT2D eigenvalue weighted by Crippen LogP contribution is -2.41. The first-order valence-electron chi connectivity index (χ1n) is 6.51. The van der Waals surface area contributed by atoms with E-state index >= 15 is 0 Å². The number of carbonyl (C=O) groups excluding carboxylic acids is 1. The van der Waals surface area contributed by atoms with Crippen LogP contribution in [-0.2, 0) is 0 Å². The topological polar surface area (TPSA) is 80.0 Å². The summed E-state index contributed by atoms with van der Waals surface area (Å²) in [6.07, 6.45) is 5.83. The number of hydrazine groups is 1. The number of nitrogen functional groups attached to an aromatic ring is 1. The van der Waals surface area contributed by atoms with Crippen molar-refractivity contribution < 1.29 is 9.18 Å². The number of hydrogen-bond acceptors (Lipinski definition) is 4. The molecule has 0 atom stereocenters. The van der Waals surface area contributed by atoms with Gasteiger partial charge in [-0.15, -0.1) is 0 Å². The van der Waals surface area contributed by atoms with Crippen molar-refractivity contribution in [3.63, 3.8) is 0 Å². The van der Waals surface area contributed by atoms with Gasteiger partial charge in [0.25, 0.3) is 5.91 Å². The first kappa shape index (κ1) is 13.7. The van der Waals surface area contributed by atoms with Gasteiger partial charge in [-0.25, -0.2) is 15.2 Å². The van der Waals surface area contributed by atoms with Crippen molar-refractivity contribution in [1.29, 1.82) is 0 Å². The molecule has 1 heterocycles. The Morgan fingerprint density at radius 3 is 2.84 bits per heavy atom. The monoisotopic (exact) mass is 266 g/mol. The molecule has 0 unspecified atom stereocenters. The molecule has 0 spiro atoms. The third-order valence-corrected chi connectivity index (χ3v) is 4.06. The van der Waals surface area contributed by atoms with Gasteiger partial charge in [-0.05, 0) is 30.7 Å². The van der Waals surface area contributed by atoms with Gasteiger partial charge < -0.3 is 10.7 Å². The van der Waals surface area contributed by atoms with Crippen LogP contribution in [0.4, 0.5) is 10.2 Å². The second-order valence-electron chi connectivity index (χ2n) is 5.06. The molecule has 1 aromatic rings. The van der Waals surface area contributed by atoms with E-state index < -0.39 is 11.7 Å². The van der Waals surface area contributed by atoms with Crippen LogP contribution in [0.5, 0.6) is 0 Å². The van der Waals surface area contributed by atoms with Crippen LogP contribution in [0.25, 0.3) is 0 Å². The number of pyridine rings is 1. The highest BCUT2D eigenvalue weighted by Gasteiger charge is 2.35. The number of anilines is 1. The molecular formula is C13H19FN4O. The highest BCUT2D eigenvalue weighted by molar-refractivity contribution is 5.95. The van der Waals surface area contributed by atoms with E-state index in [4.69, 9.17) is 5.84 Å². The van der Waals surface area contributed by atoms with Crippen LogP contribution in [0.3, 0.4) is 0 Å². The van der Waals surface area contributed by atoms with Crippen molar-refractivity contribution in [1.82, 2.24) is 10.3 Å². The van der Waals surface area contributed by atoms with Crippen molar-refractivity contribution in [2.45, 2.75) is 32.6 Å². The molecule has 1 aliphatic rings. The minimum absolute atomic E-state index is 0.0338. The molecule has 0 aromatic carbocycles. The summed E-state index contributed by atoms with van der Waals surface area (Å²) in [5, 5.41) is 2.81. The van der Waals surface area contributed by atoms with Crippen molar-refractivity contribution in [3.8, 4) is 0 Å². The standard InChI is InChI=1S/C13H19FN4O/c1-2-13(5-3-6-13)8-17-12(19)9-4-7-16-11(18-15)10(9)14/h4,7H,2-3,5-6,8,15H2,1H3,(H,16,18)(H,17,19). The van der Waals surface area contributed by atoms with Gasteiger partial charge >= 0.3 is 0 Å². The van der Waals surface area contributed by atoms with Gasteiger partial charge in [-0.3, -0.25) is 4.79 Å². The quantitative estimate of drug-likeness (QED) is 0.561. The van der Waals surface area contributed by atoms with Crippen LogP contribution in [0.15, 0.2) is 12.3 Å². The number of nitrogens with zero attached hydrogens (tertiary/aromatic N) is 1. The van der Waals surface area contributed by atoms with Gasteiger partial charge in [0.15, 0.2) is 11.6 Å². The van der Waals surface area contributed by atoms with Crippen molar-refractivity contribution in [2.75, 3.05) is 12.0 Å². The average molecular weight is 266 g/mol. The molecule has 1 fully saturated rings. The Kier molecular flexibility index (Phi) is 3.99. The SMILES string of the molecule is CCC1(CNC(=O)c2ccnc(NN)c2F)CCC1. The van der Waals surface area contributed by atoms with Gasteiger partial charge in [0.1, 0.15) is 0 Å². The normalized spacial score (nSPS) is 16.6. The molecule has 5 nitrogen and oxygen atoms in total. The van der Waals surface area contributed by atoms with Gasteiger partial charge in [0, 0.05) is 12.7 Å². The molecule has 4 N–H and O–H groups in total. The lowest BCUT2D eigenvalue weighted by atomic mass is 9.67. The second-order valence-corrected chi connectivity index (χ2v) is 5.06. The molecule has 0 aliphatic heterocycles. The van der Waals surface area contributed by atoms with E-state index in [9.17, 15) is 9.18 Å². The molecule has 0 bridgehead atoms. The first-order chi connectivity index (χ1) is 9.12. The summed E-state index contributed by atoms with van der Waals surface area (Å²) < 4.78 is 13.9. The Bertz CT molecular complexity index is 468. The Hall–Kier alpha value is -1.69. The Morgan fingerprint density at radius 1 is 1.58 bits per heavy atom. The molecule has 0 saturated heterocycles. The minimum Gasteiger partial charge on any atom is -0.351 e. The minimum atomic E-state index is -0.721. The molecule has 6 heteroatoms. The maximum Gasteiger partial charge on any atom is 0.254 e. The summed E-state index contributed by atoms with van der Waals surface area (Å²) in [6.45, 7) is 2.71. The van der Waals surface area contributed by atoms with Gasteiger partial charge in [0.05, 0.1) is 5.56 Å². The summed E-state index contributed by atoms with van der Waals surface area (Å²) in [4.78, 5) is 15.7. The molecule has 19 heavy (non-hydrogen) atoms. The van der Waals surface area contributed by atoms with Gasteiger partial charge in [-0.1, -0.05) is 13.3 Å². The van der Waals surface area contributed by atoms with E-state index in [2.05, 4.69) is 22.7 Å². The number of halogens is 1. The Balaban J connectivity index is 2.04. The summed E-state index contributed by atoms with van der Waals surface area (Å²) in [7, 11) is 0. The van der Waals surface area contributed by atoms with E-state index in [-0.39, 0.29) is 16.8 Å². The van der Waals surface area contributed by atoms with E-state index in [1.807, 2.05) is 0 Å². The summed E-state index contributed by atoms with van der Waals surface area (Å²) >= 11 is 0. The number of amides is 1. The van der Waals surface area contributed by atoms with Crippen LogP contribution in [0, 0.1) is 11.2 Å². The summed E-state index contributed by atoms with van der Waals surface area (Å²) in [5.41, 5.74) is 2.30. The fourth-order valence-electron chi connectivity index (χ4n) is 2.41. The van der Waals surface area contributed by atoms with Crippen molar-refractivity contribution in [2.24, 2.45) is 11.3 Å². The molecule has 1 aliphatic carbocycles. The van der Waals surface area contributed by atoms with Crippen LogP contribution in [-0.4, -0.2) is 17.4 Å². The number of aromatic nitrogens is 1. The van der Waals surface area contributed by atoms with Crippen LogP contribution < -0.4 is 16.6 Å². The van der Waals surface area contributed by atoms with Gasteiger partial charge in [0.2, 0.25) is 0 Å². The van der Waals surface area contributed by atoms with Crippen LogP contribution >= 0.6 is 0 Å². The Labute approximate surface area is 111 Å². The Morgan fingerprint density at radius 2 is 2.32 bits per heavy atom. The zero-order chi connectivity index (χ0) is 13.9. The second kappa shape index (κ2) is 5.52. The maximum absolute atomic E-state index is 13.9. The highest BCUT2D eigenvalue weighted by Crippen LogP contribution is 2.43. The smallest absolute Gasteiger partial charge is 0.254 e. The number of rotatable bonds is 5. The molecule has 1 saturated carbocycles. The lowest BCUT2D eigenvalue weighted by molar-refractivity contribution is 0.0846. The number of hydrogen-bond donors (Lipinski definition) is 3. The van der Waals surface area contributed by atoms with E-state index in [1.165, 1.54) is 18.7 Å². The predicted molar refractivity (Wildman–Crippen MR) is 70.9 cm³/mol. The predicted octanol–water partition coefficient (Wildman–Crippen LogP) is 1.82. The van der Waals surface area contributed by atoms with Crippen LogP contribution in [0.1, 0.15) is 43.0 Å². The maximum atomic E-state index is 13.9. The average Bonchev–Trinajstić information content (AvgIpc) is 2.38. The fourth-order valence-corrected chi connectivity index (χ4v) is 2.41. The summed E-state index contributed by atoms with van der Waals surface area (Å²) in [5.74, 6) is 3.87. The number of nitrogens with two attached hydrogens (primary N) is 1. The fraction of sp³-hybridized carbons (Fsp3) is 0.538. The largest absolute Gasteiger partial charge is 0.351 e. The van der Waals surface area contributed by atoms with Gasteiger partial charge in [-0.2, -0.15) is 0 Å². The highest BCUT2D eigenvalue weighted by atomic mass is 19.1. The van der Waals surface area contributed by atoms with E-state index in [1.54, 1.807) is 0 Å². The zero-order valence-electron chi connectivity index (χ0n) is 11.0. The molecule has 104 valence electrons. The molecule has 1 amide bonds. The van der Waals surface area contributed by atoms with E-state index in [0.29, 0.717) is 6.54 Å².